The molecular weight excluding hydrogens is 332 g/mol. The minimum Gasteiger partial charge on any atom is -0.354 e. The van der Waals surface area contributed by atoms with Crippen LogP contribution in [-0.4, -0.2) is 10.2 Å². The molecule has 0 bridgehead atoms. The molecule has 0 amide bonds. The fourth-order valence-corrected chi connectivity index (χ4v) is 3.46. The molecule has 0 saturated heterocycles. The van der Waals surface area contributed by atoms with Gasteiger partial charge in [0.05, 0.1) is 11.1 Å². The summed E-state index contributed by atoms with van der Waals surface area (Å²) < 4.78 is 13.6. The van der Waals surface area contributed by atoms with Crippen molar-refractivity contribution in [3.05, 3.63) is 38.6 Å². The first-order chi connectivity index (χ1) is 9.86. The van der Waals surface area contributed by atoms with E-state index >= 15 is 0 Å². The zero-order valence-electron chi connectivity index (χ0n) is 12.0. The average Bonchev–Trinajstić information content (AvgIpc) is 2.80. The fraction of sp³-hybridized carbons (Fsp3) is 0.429. The minimum atomic E-state index is -0.484. The Hall–Kier alpha value is -0.910. The summed E-state index contributed by atoms with van der Waals surface area (Å²) in [6.45, 7) is 6.15. The highest BCUT2D eigenvalue weighted by Gasteiger charge is 2.15. The average molecular weight is 348 g/mol. The lowest BCUT2D eigenvalue weighted by Crippen LogP contribution is -2.07. The lowest BCUT2D eigenvalue weighted by molar-refractivity contribution is 0.624. The van der Waals surface area contributed by atoms with Crippen molar-refractivity contribution in [1.29, 1.82) is 0 Å². The summed E-state index contributed by atoms with van der Waals surface area (Å²) in [6.07, 6.45) is 0.893. The van der Waals surface area contributed by atoms with E-state index in [0.29, 0.717) is 21.6 Å². The summed E-state index contributed by atoms with van der Waals surface area (Å²) in [6, 6.07) is 2.57. The third-order valence-corrected chi connectivity index (χ3v) is 4.39. The van der Waals surface area contributed by atoms with Crippen LogP contribution in [0.1, 0.15) is 37.4 Å². The second-order valence-electron chi connectivity index (χ2n) is 5.25. The lowest BCUT2D eigenvalue weighted by Gasteiger charge is -2.15. The summed E-state index contributed by atoms with van der Waals surface area (Å²) >= 11 is 13.3. The van der Waals surface area contributed by atoms with Gasteiger partial charge in [0.1, 0.15) is 10.8 Å². The molecule has 0 radical (unpaired) electrons. The van der Waals surface area contributed by atoms with Crippen molar-refractivity contribution in [3.8, 4) is 0 Å². The molecule has 0 fully saturated rings. The van der Waals surface area contributed by atoms with Crippen LogP contribution in [0.5, 0.6) is 0 Å². The monoisotopic (exact) mass is 347 g/mol. The molecule has 2 aromatic rings. The number of hydrogen-bond donors (Lipinski definition) is 1. The topological polar surface area (TPSA) is 37.8 Å². The van der Waals surface area contributed by atoms with Crippen molar-refractivity contribution in [3.63, 3.8) is 0 Å². The Morgan fingerprint density at radius 1 is 1.19 bits per heavy atom. The summed E-state index contributed by atoms with van der Waals surface area (Å²) in [4.78, 5) is 0. The van der Waals surface area contributed by atoms with Gasteiger partial charge in [-0.15, -0.1) is 10.2 Å². The van der Waals surface area contributed by atoms with Crippen LogP contribution in [0.2, 0.25) is 10.0 Å². The molecule has 1 aromatic heterocycles. The van der Waals surface area contributed by atoms with E-state index < -0.39 is 5.82 Å². The zero-order chi connectivity index (χ0) is 15.6. The third kappa shape index (κ3) is 4.28. The Morgan fingerprint density at radius 3 is 2.57 bits per heavy atom. The smallest absolute Gasteiger partial charge is 0.206 e. The van der Waals surface area contributed by atoms with Crippen LogP contribution in [0.4, 0.5) is 9.52 Å². The molecule has 1 N–H and O–H groups in total. The minimum absolute atomic E-state index is 0.0195. The molecule has 1 aromatic carbocycles. The Bertz CT molecular complexity index is 631. The first kappa shape index (κ1) is 16.5. The summed E-state index contributed by atoms with van der Waals surface area (Å²) in [5.74, 6) is 0.0468. The molecule has 0 aliphatic heterocycles. The van der Waals surface area contributed by atoms with Crippen LogP contribution in [0.15, 0.2) is 12.1 Å². The van der Waals surface area contributed by atoms with Gasteiger partial charge in [-0.05, 0) is 30.5 Å². The van der Waals surface area contributed by atoms with Gasteiger partial charge in [0, 0.05) is 11.4 Å². The van der Waals surface area contributed by atoms with E-state index in [0.717, 1.165) is 11.4 Å². The number of nitrogens with zero attached hydrogens (tertiary/aromatic N) is 2. The van der Waals surface area contributed by atoms with Crippen molar-refractivity contribution in [2.45, 2.75) is 33.2 Å². The van der Waals surface area contributed by atoms with Gasteiger partial charge in [-0.3, -0.25) is 0 Å². The lowest BCUT2D eigenvalue weighted by atomic mass is 10.1. The van der Waals surface area contributed by atoms with Crippen LogP contribution in [0.3, 0.4) is 0 Å². The van der Waals surface area contributed by atoms with Crippen molar-refractivity contribution in [1.82, 2.24) is 10.2 Å². The quantitative estimate of drug-likeness (QED) is 0.740. The maximum absolute atomic E-state index is 13.6. The van der Waals surface area contributed by atoms with Gasteiger partial charge in [-0.25, -0.2) is 4.39 Å². The number of anilines is 1. The van der Waals surface area contributed by atoms with Crippen LogP contribution < -0.4 is 5.32 Å². The highest BCUT2D eigenvalue weighted by molar-refractivity contribution is 7.15. The molecule has 0 aliphatic rings. The van der Waals surface area contributed by atoms with E-state index in [9.17, 15) is 4.39 Å². The van der Waals surface area contributed by atoms with Gasteiger partial charge in [0.25, 0.3) is 0 Å². The second-order valence-corrected chi connectivity index (χ2v) is 7.13. The Kier molecular flexibility index (Phi) is 5.41. The fourth-order valence-electron chi connectivity index (χ4n) is 1.88. The molecule has 114 valence electrons. The first-order valence-corrected chi connectivity index (χ1v) is 8.17. The number of benzene rings is 1. The van der Waals surface area contributed by atoms with Gasteiger partial charge in [0.2, 0.25) is 5.13 Å². The van der Waals surface area contributed by atoms with Gasteiger partial charge in [-0.2, -0.15) is 0 Å². The molecule has 2 rings (SSSR count). The van der Waals surface area contributed by atoms with E-state index in [2.05, 4.69) is 29.4 Å². The number of halogens is 3. The van der Waals surface area contributed by atoms with Gasteiger partial charge >= 0.3 is 0 Å². The predicted molar refractivity (Wildman–Crippen MR) is 86.9 cm³/mol. The van der Waals surface area contributed by atoms with Crippen molar-refractivity contribution in [2.24, 2.45) is 5.92 Å². The summed E-state index contributed by atoms with van der Waals surface area (Å²) in [7, 11) is 0. The highest BCUT2D eigenvalue weighted by Crippen LogP contribution is 2.31. The molecule has 7 heteroatoms. The molecule has 1 unspecified atom stereocenters. The maximum Gasteiger partial charge on any atom is 0.206 e. The van der Waals surface area contributed by atoms with E-state index in [1.807, 2.05) is 6.92 Å². The van der Waals surface area contributed by atoms with E-state index in [1.54, 1.807) is 0 Å². The van der Waals surface area contributed by atoms with Crippen LogP contribution in [0, 0.1) is 11.7 Å². The largest absolute Gasteiger partial charge is 0.354 e. The molecule has 1 atom stereocenters. The first-order valence-electron chi connectivity index (χ1n) is 6.60. The van der Waals surface area contributed by atoms with Crippen LogP contribution in [0.25, 0.3) is 0 Å². The Balaban J connectivity index is 2.12. The number of nitrogens with one attached hydrogen (secondary N) is 1. The summed E-state index contributed by atoms with van der Waals surface area (Å²) in [5, 5.41) is 13.5. The molecule has 3 nitrogen and oxygen atoms in total. The third-order valence-electron chi connectivity index (χ3n) is 2.90. The maximum atomic E-state index is 13.6. The molecule has 0 aliphatic carbocycles. The SMILES string of the molecule is CC(C)Cc1nnc(NC(C)c2cc(F)c(Cl)cc2Cl)s1. The standard InChI is InChI=1S/C14H16Cl2FN3S/c1-7(2)4-13-19-20-14(21-13)18-8(3)9-5-12(17)11(16)6-10(9)15/h5-8H,4H2,1-3H3,(H,18,20). The highest BCUT2D eigenvalue weighted by atomic mass is 35.5. The summed E-state index contributed by atoms with van der Waals surface area (Å²) in [5.41, 5.74) is 0.638. The van der Waals surface area contributed by atoms with Gasteiger partial charge < -0.3 is 5.32 Å². The van der Waals surface area contributed by atoms with Crippen molar-refractivity contribution < 1.29 is 4.39 Å². The molecule has 21 heavy (non-hydrogen) atoms. The zero-order valence-corrected chi connectivity index (χ0v) is 14.3. The van der Waals surface area contributed by atoms with E-state index in [4.69, 9.17) is 23.2 Å². The van der Waals surface area contributed by atoms with Crippen LogP contribution in [-0.2, 0) is 6.42 Å². The van der Waals surface area contributed by atoms with E-state index in [-0.39, 0.29) is 11.1 Å². The van der Waals surface area contributed by atoms with Gasteiger partial charge in [-0.1, -0.05) is 48.4 Å². The van der Waals surface area contributed by atoms with Gasteiger partial charge in [0.15, 0.2) is 0 Å². The normalized spacial score (nSPS) is 12.7. The molecule has 0 spiro atoms. The second kappa shape index (κ2) is 6.90. The van der Waals surface area contributed by atoms with Crippen molar-refractivity contribution >= 4 is 39.7 Å². The Labute approximate surface area is 137 Å². The number of aromatic nitrogens is 2. The van der Waals surface area contributed by atoms with Crippen LogP contribution >= 0.6 is 34.5 Å². The van der Waals surface area contributed by atoms with Crippen molar-refractivity contribution in [2.75, 3.05) is 5.32 Å². The number of rotatable bonds is 5. The molecular formula is C14H16Cl2FN3S. The van der Waals surface area contributed by atoms with E-state index in [1.165, 1.54) is 23.5 Å². The molecule has 0 saturated carbocycles. The predicted octanol–water partition coefficient (Wildman–Crippen LogP) is 5.36. The number of hydrogen-bond acceptors (Lipinski definition) is 4. The molecule has 1 heterocycles. The Morgan fingerprint density at radius 2 is 1.90 bits per heavy atom.